The van der Waals surface area contributed by atoms with Crippen LogP contribution in [0.4, 0.5) is 0 Å². The van der Waals surface area contributed by atoms with Crippen LogP contribution in [-0.4, -0.2) is 5.91 Å². The molecule has 1 unspecified atom stereocenters. The summed E-state index contributed by atoms with van der Waals surface area (Å²) in [5.74, 6) is -0.131. The Morgan fingerprint density at radius 2 is 2.31 bits per heavy atom. The molecule has 2 aromatic heterocycles. The van der Waals surface area contributed by atoms with Crippen LogP contribution in [0.5, 0.6) is 0 Å². The molecule has 0 radical (unpaired) electrons. The van der Waals surface area contributed by atoms with Crippen molar-refractivity contribution < 1.29 is 4.79 Å². The van der Waals surface area contributed by atoms with Gasteiger partial charge < -0.3 is 11.1 Å². The van der Waals surface area contributed by atoms with Gasteiger partial charge in [-0.3, -0.25) is 4.79 Å². The molecule has 5 heteroatoms. The third-order valence-corrected chi connectivity index (χ3v) is 3.87. The average Bonchev–Trinajstić information content (AvgIpc) is 2.96. The molecule has 2 aromatic rings. The molecule has 0 aromatic carbocycles. The molecule has 0 spiro atoms. The van der Waals surface area contributed by atoms with Crippen LogP contribution in [0, 0.1) is 0 Å². The average molecular weight is 252 g/mol. The molecule has 0 fully saturated rings. The van der Waals surface area contributed by atoms with Crippen LogP contribution in [-0.2, 0) is 11.3 Å². The van der Waals surface area contributed by atoms with E-state index < -0.39 is 6.04 Å². The van der Waals surface area contributed by atoms with Gasteiger partial charge in [0.1, 0.15) is 6.04 Å². The first-order chi connectivity index (χ1) is 7.77. The normalized spacial score (nSPS) is 12.3. The molecule has 0 saturated carbocycles. The van der Waals surface area contributed by atoms with Gasteiger partial charge in [-0.25, -0.2) is 0 Å². The summed E-state index contributed by atoms with van der Waals surface area (Å²) in [7, 11) is 0. The largest absolute Gasteiger partial charge is 0.350 e. The van der Waals surface area contributed by atoms with E-state index in [2.05, 4.69) is 5.32 Å². The Labute approximate surface area is 102 Å². The quantitative estimate of drug-likeness (QED) is 0.875. The summed E-state index contributed by atoms with van der Waals surface area (Å²) in [6.07, 6.45) is 0. The van der Waals surface area contributed by atoms with Gasteiger partial charge >= 0.3 is 0 Å². The van der Waals surface area contributed by atoms with E-state index in [9.17, 15) is 4.79 Å². The van der Waals surface area contributed by atoms with E-state index in [1.807, 2.05) is 34.3 Å². The molecular formula is C11H12N2OS2. The van der Waals surface area contributed by atoms with Crippen LogP contribution in [0.2, 0.25) is 0 Å². The molecule has 16 heavy (non-hydrogen) atoms. The second-order valence-electron chi connectivity index (χ2n) is 3.34. The number of nitrogens with one attached hydrogen (secondary N) is 1. The Morgan fingerprint density at radius 3 is 2.94 bits per heavy atom. The first-order valence-corrected chi connectivity index (χ1v) is 6.67. The van der Waals surface area contributed by atoms with Crippen molar-refractivity contribution in [2.24, 2.45) is 5.73 Å². The highest BCUT2D eigenvalue weighted by atomic mass is 32.1. The molecule has 2 rings (SSSR count). The summed E-state index contributed by atoms with van der Waals surface area (Å²) >= 11 is 3.12. The fraction of sp³-hybridized carbons (Fsp3) is 0.182. The number of nitrogens with two attached hydrogens (primary N) is 1. The Balaban J connectivity index is 1.89. The molecule has 2 heterocycles. The summed E-state index contributed by atoms with van der Waals surface area (Å²) in [5.41, 5.74) is 6.93. The van der Waals surface area contributed by atoms with Crippen LogP contribution in [0.1, 0.15) is 16.5 Å². The van der Waals surface area contributed by atoms with Gasteiger partial charge in [-0.2, -0.15) is 11.3 Å². The molecule has 0 aliphatic carbocycles. The molecule has 84 valence electrons. The second kappa shape index (κ2) is 5.25. The molecular weight excluding hydrogens is 240 g/mol. The van der Waals surface area contributed by atoms with Crippen molar-refractivity contribution in [1.82, 2.24) is 5.32 Å². The Morgan fingerprint density at radius 1 is 1.44 bits per heavy atom. The number of carbonyl (C=O) groups is 1. The minimum Gasteiger partial charge on any atom is -0.350 e. The van der Waals surface area contributed by atoms with E-state index >= 15 is 0 Å². The highest BCUT2D eigenvalue weighted by Crippen LogP contribution is 2.16. The van der Waals surface area contributed by atoms with Crippen molar-refractivity contribution in [2.75, 3.05) is 0 Å². The van der Waals surface area contributed by atoms with Crippen molar-refractivity contribution in [2.45, 2.75) is 12.6 Å². The van der Waals surface area contributed by atoms with Crippen molar-refractivity contribution in [3.63, 3.8) is 0 Å². The zero-order valence-electron chi connectivity index (χ0n) is 8.55. The summed E-state index contributed by atoms with van der Waals surface area (Å²) in [4.78, 5) is 12.6. The summed E-state index contributed by atoms with van der Waals surface area (Å²) in [6.45, 7) is 0.543. The van der Waals surface area contributed by atoms with Gasteiger partial charge in [0.05, 0.1) is 0 Å². The van der Waals surface area contributed by atoms with E-state index in [1.54, 1.807) is 11.3 Å². The summed E-state index contributed by atoms with van der Waals surface area (Å²) < 4.78 is 0. The lowest BCUT2D eigenvalue weighted by Gasteiger charge is -2.09. The Kier molecular flexibility index (Phi) is 3.71. The lowest BCUT2D eigenvalue weighted by Crippen LogP contribution is -2.33. The number of rotatable bonds is 4. The third kappa shape index (κ3) is 2.69. The smallest absolute Gasteiger partial charge is 0.242 e. The number of thiophene rings is 2. The molecule has 1 amide bonds. The maximum atomic E-state index is 11.7. The molecule has 3 N–H and O–H groups in total. The van der Waals surface area contributed by atoms with E-state index in [0.717, 1.165) is 10.4 Å². The minimum atomic E-state index is -0.557. The maximum Gasteiger partial charge on any atom is 0.242 e. The predicted molar refractivity (Wildman–Crippen MR) is 67.4 cm³/mol. The number of hydrogen-bond donors (Lipinski definition) is 2. The van der Waals surface area contributed by atoms with Gasteiger partial charge in [0.25, 0.3) is 0 Å². The lowest BCUT2D eigenvalue weighted by atomic mass is 10.2. The molecule has 0 saturated heterocycles. The molecule has 0 aliphatic rings. The highest BCUT2D eigenvalue weighted by Gasteiger charge is 2.15. The van der Waals surface area contributed by atoms with Crippen LogP contribution in [0.3, 0.4) is 0 Å². The SMILES string of the molecule is NC(C(=O)NCc1ccsc1)c1cccs1. The van der Waals surface area contributed by atoms with Crippen molar-refractivity contribution in [3.05, 3.63) is 44.8 Å². The number of hydrogen-bond acceptors (Lipinski definition) is 4. The van der Waals surface area contributed by atoms with E-state index in [0.29, 0.717) is 6.54 Å². The highest BCUT2D eigenvalue weighted by molar-refractivity contribution is 7.10. The van der Waals surface area contributed by atoms with Crippen molar-refractivity contribution in [1.29, 1.82) is 0 Å². The van der Waals surface area contributed by atoms with Crippen LogP contribution < -0.4 is 11.1 Å². The zero-order chi connectivity index (χ0) is 11.4. The van der Waals surface area contributed by atoms with Crippen LogP contribution >= 0.6 is 22.7 Å². The molecule has 0 aliphatic heterocycles. The Hall–Kier alpha value is -1.17. The van der Waals surface area contributed by atoms with Gasteiger partial charge in [0, 0.05) is 11.4 Å². The summed E-state index contributed by atoms with van der Waals surface area (Å²) in [6, 6.07) is 5.20. The van der Waals surface area contributed by atoms with Crippen LogP contribution in [0.25, 0.3) is 0 Å². The molecule has 0 bridgehead atoms. The van der Waals surface area contributed by atoms with Crippen LogP contribution in [0.15, 0.2) is 34.3 Å². The first kappa shape index (κ1) is 11.3. The monoisotopic (exact) mass is 252 g/mol. The second-order valence-corrected chi connectivity index (χ2v) is 5.10. The molecule has 3 nitrogen and oxygen atoms in total. The predicted octanol–water partition coefficient (Wildman–Crippen LogP) is 2.13. The fourth-order valence-electron chi connectivity index (χ4n) is 1.29. The lowest BCUT2D eigenvalue weighted by molar-refractivity contribution is -0.122. The standard InChI is InChI=1S/C11H12N2OS2/c12-10(9-2-1-4-16-9)11(14)13-6-8-3-5-15-7-8/h1-5,7,10H,6,12H2,(H,13,14). The van der Waals surface area contributed by atoms with Gasteiger partial charge in [0.2, 0.25) is 5.91 Å². The van der Waals surface area contributed by atoms with E-state index in [4.69, 9.17) is 5.73 Å². The number of carbonyl (C=O) groups excluding carboxylic acids is 1. The van der Waals surface area contributed by atoms with Gasteiger partial charge in [-0.05, 0) is 33.8 Å². The first-order valence-electron chi connectivity index (χ1n) is 4.85. The van der Waals surface area contributed by atoms with Gasteiger partial charge in [-0.15, -0.1) is 11.3 Å². The van der Waals surface area contributed by atoms with E-state index in [-0.39, 0.29) is 5.91 Å². The minimum absolute atomic E-state index is 0.131. The zero-order valence-corrected chi connectivity index (χ0v) is 10.2. The number of amides is 1. The van der Waals surface area contributed by atoms with Gasteiger partial charge in [-0.1, -0.05) is 6.07 Å². The topological polar surface area (TPSA) is 55.1 Å². The van der Waals surface area contributed by atoms with Crippen molar-refractivity contribution in [3.8, 4) is 0 Å². The van der Waals surface area contributed by atoms with Crippen molar-refractivity contribution >= 4 is 28.6 Å². The Bertz CT molecular complexity index is 437. The van der Waals surface area contributed by atoms with E-state index in [1.165, 1.54) is 11.3 Å². The fourth-order valence-corrected chi connectivity index (χ4v) is 2.68. The summed E-state index contributed by atoms with van der Waals surface area (Å²) in [5, 5.41) is 8.74. The van der Waals surface area contributed by atoms with Gasteiger partial charge in [0.15, 0.2) is 0 Å². The third-order valence-electron chi connectivity index (χ3n) is 2.18. The maximum absolute atomic E-state index is 11.7. The molecule has 1 atom stereocenters.